The minimum Gasteiger partial charge on any atom is -0.595 e. The first-order chi connectivity index (χ1) is 10.6. The maximum atomic E-state index is 12.1. The molecule has 0 spiro atoms. The van der Waals surface area contributed by atoms with Gasteiger partial charge in [-0.1, -0.05) is 0 Å². The van der Waals surface area contributed by atoms with Gasteiger partial charge in [0.25, 0.3) is 0 Å². The summed E-state index contributed by atoms with van der Waals surface area (Å²) in [5.41, 5.74) is 2.38. The van der Waals surface area contributed by atoms with Gasteiger partial charge in [0, 0.05) is 18.6 Å². The summed E-state index contributed by atoms with van der Waals surface area (Å²) in [6.45, 7) is 0. The highest BCUT2D eigenvalue weighted by molar-refractivity contribution is 5.92. The third kappa shape index (κ3) is 2.67. The van der Waals surface area contributed by atoms with Gasteiger partial charge in [0.05, 0.1) is 12.7 Å². The van der Waals surface area contributed by atoms with Crippen LogP contribution in [0.25, 0.3) is 0 Å². The number of benzene rings is 2. The number of carbonyl (C=O) groups excluding carboxylic acids is 1. The molecule has 3 rings (SSSR count). The van der Waals surface area contributed by atoms with Crippen molar-refractivity contribution in [3.63, 3.8) is 0 Å². The quantitative estimate of drug-likeness (QED) is 0.664. The number of fused-ring (bicyclic) bond motifs is 1. The number of carbonyl (C=O) groups is 1. The van der Waals surface area contributed by atoms with Gasteiger partial charge in [0.15, 0.2) is 5.69 Å². The number of hydrogen-bond donors (Lipinski definition) is 2. The van der Waals surface area contributed by atoms with Crippen molar-refractivity contribution in [2.75, 3.05) is 7.11 Å². The lowest BCUT2D eigenvalue weighted by molar-refractivity contribution is -0.991. The van der Waals surface area contributed by atoms with Crippen molar-refractivity contribution in [2.45, 2.75) is 12.5 Å². The van der Waals surface area contributed by atoms with Crippen LogP contribution in [-0.2, 0) is 11.2 Å². The summed E-state index contributed by atoms with van der Waals surface area (Å²) in [6.07, 6.45) is 0.111. The number of quaternary nitrogens is 1. The number of ether oxygens (including phenoxy) is 2. The highest BCUT2D eigenvalue weighted by Crippen LogP contribution is 2.32. The molecule has 0 aromatic heterocycles. The molecule has 2 atom stereocenters. The van der Waals surface area contributed by atoms with Crippen LogP contribution in [0.2, 0.25) is 0 Å². The molecule has 0 aliphatic carbocycles. The van der Waals surface area contributed by atoms with Crippen molar-refractivity contribution in [3.05, 3.63) is 64.4 Å². The fourth-order valence-corrected chi connectivity index (χ4v) is 2.53. The zero-order chi connectivity index (χ0) is 15.7. The molecular formula is C16H15NO5. The van der Waals surface area contributed by atoms with Crippen molar-refractivity contribution < 1.29 is 24.7 Å². The lowest BCUT2D eigenvalue weighted by atomic mass is 9.94. The van der Waals surface area contributed by atoms with Gasteiger partial charge >= 0.3 is 5.97 Å². The summed E-state index contributed by atoms with van der Waals surface area (Å²) in [5, 5.41) is 18.8. The van der Waals surface area contributed by atoms with Gasteiger partial charge in [-0.2, -0.15) is 5.23 Å². The molecule has 0 bridgehead atoms. The Morgan fingerprint density at radius 1 is 1.27 bits per heavy atom. The summed E-state index contributed by atoms with van der Waals surface area (Å²) in [4.78, 5) is 12.1. The van der Waals surface area contributed by atoms with Crippen molar-refractivity contribution in [3.8, 4) is 5.75 Å². The highest BCUT2D eigenvalue weighted by Gasteiger charge is 2.27. The van der Waals surface area contributed by atoms with Gasteiger partial charge in [-0.05, 0) is 41.5 Å². The van der Waals surface area contributed by atoms with Crippen LogP contribution in [0.3, 0.4) is 0 Å². The zero-order valence-electron chi connectivity index (χ0n) is 11.9. The van der Waals surface area contributed by atoms with Gasteiger partial charge in [0.2, 0.25) is 0 Å². The van der Waals surface area contributed by atoms with E-state index in [-0.39, 0.29) is 11.7 Å². The van der Waals surface area contributed by atoms with E-state index in [2.05, 4.69) is 0 Å². The predicted octanol–water partition coefficient (Wildman–Crippen LogP) is 1.55. The molecule has 2 aromatic rings. The molecule has 1 aliphatic heterocycles. The minimum atomic E-state index is -0.984. The van der Waals surface area contributed by atoms with Crippen molar-refractivity contribution in [2.24, 2.45) is 0 Å². The second-order valence-corrected chi connectivity index (χ2v) is 5.05. The smallest absolute Gasteiger partial charge is 0.339 e. The van der Waals surface area contributed by atoms with Crippen LogP contribution in [0.5, 0.6) is 5.75 Å². The first kappa shape index (κ1) is 14.5. The molecule has 0 fully saturated rings. The number of methoxy groups -OCH3 is 1. The molecule has 2 aromatic carbocycles. The number of esters is 1. The summed E-state index contributed by atoms with van der Waals surface area (Å²) in [5.74, 6) is 0.310. The minimum absolute atomic E-state index is 0.202. The van der Waals surface area contributed by atoms with Crippen molar-refractivity contribution >= 4 is 11.7 Å². The molecule has 1 heterocycles. The molecule has 1 unspecified atom stereocenters. The van der Waals surface area contributed by atoms with Gasteiger partial charge in [-0.25, -0.2) is 10.0 Å². The Morgan fingerprint density at radius 3 is 2.64 bits per heavy atom. The highest BCUT2D eigenvalue weighted by atomic mass is 16.8. The molecule has 0 saturated heterocycles. The van der Waals surface area contributed by atoms with E-state index in [0.29, 0.717) is 17.7 Å². The van der Waals surface area contributed by atoms with E-state index in [1.54, 1.807) is 31.4 Å². The van der Waals surface area contributed by atoms with Gasteiger partial charge in [0.1, 0.15) is 11.9 Å². The van der Waals surface area contributed by atoms with Crippen molar-refractivity contribution in [1.29, 1.82) is 0 Å². The zero-order valence-corrected chi connectivity index (χ0v) is 11.9. The van der Waals surface area contributed by atoms with Crippen LogP contribution >= 0.6 is 0 Å². The molecule has 22 heavy (non-hydrogen) atoms. The Morgan fingerprint density at radius 2 is 2.00 bits per heavy atom. The van der Waals surface area contributed by atoms with Crippen LogP contribution in [0.15, 0.2) is 42.5 Å². The van der Waals surface area contributed by atoms with Crippen LogP contribution in [0.1, 0.15) is 27.6 Å². The second kappa shape index (κ2) is 5.76. The Bertz CT molecular complexity index is 696. The fraction of sp³-hybridized carbons (Fsp3) is 0.188. The van der Waals surface area contributed by atoms with E-state index in [9.17, 15) is 10.0 Å². The second-order valence-electron chi connectivity index (χ2n) is 5.05. The normalized spacial score (nSPS) is 18.3. The molecule has 2 N–H and O–H groups in total. The van der Waals surface area contributed by atoms with Crippen LogP contribution < -0.4 is 9.96 Å². The van der Waals surface area contributed by atoms with Crippen molar-refractivity contribution in [1.82, 2.24) is 0 Å². The Balaban J connectivity index is 1.89. The summed E-state index contributed by atoms with van der Waals surface area (Å²) in [7, 11) is 1.57. The summed E-state index contributed by atoms with van der Waals surface area (Å²) < 4.78 is 10.6. The SMILES string of the molecule is COc1ccc2c(c1)C[C@@H](c1ccc([NH+]([O-])O)cc1)OC2=O. The molecule has 114 valence electrons. The molecule has 1 aliphatic rings. The number of cyclic esters (lactones) is 1. The maximum Gasteiger partial charge on any atom is 0.339 e. The number of hydrogen-bond acceptors (Lipinski definition) is 5. The molecule has 0 amide bonds. The third-order valence-electron chi connectivity index (χ3n) is 3.72. The van der Waals surface area contributed by atoms with Crippen LogP contribution in [0, 0.1) is 5.21 Å². The Labute approximate surface area is 127 Å². The molecular weight excluding hydrogens is 286 g/mol. The largest absolute Gasteiger partial charge is 0.595 e. The third-order valence-corrected chi connectivity index (χ3v) is 3.72. The lowest BCUT2D eigenvalue weighted by Crippen LogP contribution is -2.99. The van der Waals surface area contributed by atoms with E-state index in [0.717, 1.165) is 11.1 Å². The molecule has 6 heteroatoms. The summed E-state index contributed by atoms with van der Waals surface area (Å²) in [6, 6.07) is 11.6. The van der Waals surface area contributed by atoms with E-state index in [1.165, 1.54) is 12.1 Å². The first-order valence-corrected chi connectivity index (χ1v) is 6.79. The summed E-state index contributed by atoms with van der Waals surface area (Å²) >= 11 is 0. The van der Waals surface area contributed by atoms with Gasteiger partial charge < -0.3 is 14.7 Å². The average molecular weight is 301 g/mol. The Hall–Kier alpha value is -2.41. The topological polar surface area (TPSA) is 83.3 Å². The number of rotatable bonds is 3. The van der Waals surface area contributed by atoms with E-state index >= 15 is 0 Å². The predicted molar refractivity (Wildman–Crippen MR) is 77.1 cm³/mol. The Kier molecular flexibility index (Phi) is 3.81. The fourth-order valence-electron chi connectivity index (χ4n) is 2.53. The lowest BCUT2D eigenvalue weighted by Gasteiger charge is -2.25. The van der Waals surface area contributed by atoms with E-state index in [4.69, 9.17) is 14.7 Å². The molecule has 0 radical (unpaired) electrons. The van der Waals surface area contributed by atoms with Gasteiger partial charge in [-0.15, -0.1) is 0 Å². The van der Waals surface area contributed by atoms with Gasteiger partial charge in [-0.3, -0.25) is 0 Å². The monoisotopic (exact) mass is 301 g/mol. The standard InChI is InChI=1S/C16H15NO5/c1-21-13-6-7-14-11(8-13)9-15(22-16(14)18)10-2-4-12(5-3-10)17(19)20/h2-8,15,17,19H,9H2,1H3/t15-/m0/s1. The van der Waals surface area contributed by atoms with E-state index < -0.39 is 11.3 Å². The number of nitrogens with one attached hydrogen (secondary N) is 1. The molecule has 6 nitrogen and oxygen atoms in total. The molecule has 0 saturated carbocycles. The first-order valence-electron chi connectivity index (χ1n) is 6.79. The maximum absolute atomic E-state index is 12.1. The van der Waals surface area contributed by atoms with Crippen LogP contribution in [0.4, 0.5) is 5.69 Å². The van der Waals surface area contributed by atoms with Crippen LogP contribution in [-0.4, -0.2) is 18.3 Å². The average Bonchev–Trinajstić information content (AvgIpc) is 2.54. The van der Waals surface area contributed by atoms with E-state index in [1.807, 2.05) is 6.07 Å².